The number of piperidine rings is 1. The molecule has 0 atom stereocenters. The zero-order valence-corrected chi connectivity index (χ0v) is 16.0. The van der Waals surface area contributed by atoms with Crippen LogP contribution < -0.4 is 10.6 Å². The second-order valence-corrected chi connectivity index (χ2v) is 5.19. The number of carbonyl (C=O) groups excluding carboxylic acids is 2. The van der Waals surface area contributed by atoms with Gasteiger partial charge in [0.2, 0.25) is 11.8 Å². The molecule has 2 N–H and O–H groups in total. The van der Waals surface area contributed by atoms with Crippen LogP contribution in [0.25, 0.3) is 0 Å². The maximum atomic E-state index is 11.7. The molecule has 128 valence electrons. The van der Waals surface area contributed by atoms with Crippen LogP contribution in [0, 0.1) is 0 Å². The van der Waals surface area contributed by atoms with Crippen molar-refractivity contribution >= 4 is 41.8 Å². The first-order valence-electron chi connectivity index (χ1n) is 8.04. The number of guanidine groups is 1. The molecule has 1 aliphatic heterocycles. The summed E-state index contributed by atoms with van der Waals surface area (Å²) in [6, 6.07) is 0. The summed E-state index contributed by atoms with van der Waals surface area (Å²) < 4.78 is 0. The first-order valence-corrected chi connectivity index (χ1v) is 8.04. The SMILES string of the molecule is CCCCCN=C(NCC)NCCN1C(=O)CCCC1=O.I. The lowest BCUT2D eigenvalue weighted by Crippen LogP contribution is -2.46. The highest BCUT2D eigenvalue weighted by Crippen LogP contribution is 2.11. The molecule has 0 spiro atoms. The van der Waals surface area contributed by atoms with Crippen molar-refractivity contribution < 1.29 is 9.59 Å². The Kier molecular flexibility index (Phi) is 12.2. The number of halogens is 1. The van der Waals surface area contributed by atoms with E-state index in [1.165, 1.54) is 17.7 Å². The van der Waals surface area contributed by atoms with Crippen molar-refractivity contribution in [1.29, 1.82) is 0 Å². The molecule has 0 bridgehead atoms. The number of nitrogens with one attached hydrogen (secondary N) is 2. The van der Waals surface area contributed by atoms with E-state index in [9.17, 15) is 9.59 Å². The predicted molar refractivity (Wildman–Crippen MR) is 99.5 cm³/mol. The Morgan fingerprint density at radius 3 is 2.41 bits per heavy atom. The maximum absolute atomic E-state index is 11.7. The molecule has 0 aromatic carbocycles. The number of carbonyl (C=O) groups is 2. The highest BCUT2D eigenvalue weighted by Gasteiger charge is 2.25. The highest BCUT2D eigenvalue weighted by molar-refractivity contribution is 14.0. The predicted octanol–water partition coefficient (Wildman–Crippen LogP) is 1.89. The molecule has 0 unspecified atom stereocenters. The lowest BCUT2D eigenvalue weighted by Gasteiger charge is -2.25. The van der Waals surface area contributed by atoms with Gasteiger partial charge in [-0.2, -0.15) is 0 Å². The Bertz CT molecular complexity index is 359. The number of hydrogen-bond donors (Lipinski definition) is 2. The Hall–Kier alpha value is -0.860. The molecule has 1 heterocycles. The molecule has 1 saturated heterocycles. The summed E-state index contributed by atoms with van der Waals surface area (Å²) >= 11 is 0. The fourth-order valence-corrected chi connectivity index (χ4v) is 2.23. The van der Waals surface area contributed by atoms with Gasteiger partial charge in [0.15, 0.2) is 5.96 Å². The largest absolute Gasteiger partial charge is 0.357 e. The van der Waals surface area contributed by atoms with Gasteiger partial charge in [-0.25, -0.2) is 0 Å². The number of imide groups is 1. The zero-order valence-electron chi connectivity index (χ0n) is 13.7. The zero-order chi connectivity index (χ0) is 15.5. The van der Waals surface area contributed by atoms with Crippen LogP contribution >= 0.6 is 24.0 Å². The van der Waals surface area contributed by atoms with Crippen molar-refractivity contribution in [1.82, 2.24) is 15.5 Å². The molecule has 6 nitrogen and oxygen atoms in total. The van der Waals surface area contributed by atoms with E-state index in [2.05, 4.69) is 22.5 Å². The van der Waals surface area contributed by atoms with E-state index in [-0.39, 0.29) is 35.8 Å². The molecule has 0 aromatic heterocycles. The van der Waals surface area contributed by atoms with E-state index in [1.807, 2.05) is 6.92 Å². The third kappa shape index (κ3) is 7.95. The van der Waals surface area contributed by atoms with Gasteiger partial charge in [-0.1, -0.05) is 19.8 Å². The summed E-state index contributed by atoms with van der Waals surface area (Å²) in [6.07, 6.45) is 5.09. The van der Waals surface area contributed by atoms with E-state index in [1.54, 1.807) is 0 Å². The summed E-state index contributed by atoms with van der Waals surface area (Å²) in [5.74, 6) is 0.640. The van der Waals surface area contributed by atoms with E-state index in [0.717, 1.165) is 25.5 Å². The van der Waals surface area contributed by atoms with Crippen molar-refractivity contribution in [3.8, 4) is 0 Å². The van der Waals surface area contributed by atoms with Gasteiger partial charge in [0.05, 0.1) is 0 Å². The number of aliphatic imine (C=N–C) groups is 1. The first kappa shape index (κ1) is 21.1. The van der Waals surface area contributed by atoms with E-state index in [0.29, 0.717) is 32.4 Å². The van der Waals surface area contributed by atoms with Gasteiger partial charge >= 0.3 is 0 Å². The summed E-state index contributed by atoms with van der Waals surface area (Å²) in [6.45, 7) is 6.72. The highest BCUT2D eigenvalue weighted by atomic mass is 127. The molecule has 0 aromatic rings. The summed E-state index contributed by atoms with van der Waals surface area (Å²) in [4.78, 5) is 29.2. The van der Waals surface area contributed by atoms with Crippen LogP contribution in [0.4, 0.5) is 0 Å². The molecule has 22 heavy (non-hydrogen) atoms. The summed E-state index contributed by atoms with van der Waals surface area (Å²) in [5, 5.41) is 6.35. The minimum atomic E-state index is -0.0575. The molecule has 1 aliphatic rings. The normalized spacial score (nSPS) is 15.5. The van der Waals surface area contributed by atoms with Gasteiger partial charge in [0, 0.05) is 39.0 Å². The monoisotopic (exact) mass is 424 g/mol. The van der Waals surface area contributed by atoms with Gasteiger partial charge in [-0.3, -0.25) is 19.5 Å². The molecule has 1 fully saturated rings. The molecule has 7 heteroatoms. The van der Waals surface area contributed by atoms with Gasteiger partial charge in [-0.05, 0) is 19.8 Å². The quantitative estimate of drug-likeness (QED) is 0.205. The Balaban J connectivity index is 0.00000441. The van der Waals surface area contributed by atoms with Crippen LogP contribution in [0.1, 0.15) is 52.4 Å². The van der Waals surface area contributed by atoms with Crippen molar-refractivity contribution in [2.75, 3.05) is 26.2 Å². The third-order valence-electron chi connectivity index (χ3n) is 3.39. The van der Waals surface area contributed by atoms with Crippen LogP contribution in [0.2, 0.25) is 0 Å². The molecule has 0 aliphatic carbocycles. The average molecular weight is 424 g/mol. The number of hydrogen-bond acceptors (Lipinski definition) is 3. The van der Waals surface area contributed by atoms with Crippen LogP contribution in [0.3, 0.4) is 0 Å². The van der Waals surface area contributed by atoms with Crippen LogP contribution in [-0.2, 0) is 9.59 Å². The van der Waals surface area contributed by atoms with Crippen LogP contribution in [0.15, 0.2) is 4.99 Å². The smallest absolute Gasteiger partial charge is 0.229 e. The Morgan fingerprint density at radius 1 is 1.14 bits per heavy atom. The number of likely N-dealkylation sites (tertiary alicyclic amines) is 1. The molecule has 2 amide bonds. The topological polar surface area (TPSA) is 73.8 Å². The lowest BCUT2D eigenvalue weighted by molar-refractivity contribution is -0.147. The van der Waals surface area contributed by atoms with Crippen LogP contribution in [-0.4, -0.2) is 48.9 Å². The van der Waals surface area contributed by atoms with Crippen molar-refractivity contribution in [3.63, 3.8) is 0 Å². The van der Waals surface area contributed by atoms with Crippen molar-refractivity contribution in [2.24, 2.45) is 4.99 Å². The van der Waals surface area contributed by atoms with Gasteiger partial charge in [0.25, 0.3) is 0 Å². The number of nitrogens with zero attached hydrogens (tertiary/aromatic N) is 2. The first-order chi connectivity index (χ1) is 10.2. The van der Waals surface area contributed by atoms with Gasteiger partial charge in [0.1, 0.15) is 0 Å². The van der Waals surface area contributed by atoms with E-state index >= 15 is 0 Å². The molecular formula is C15H29IN4O2. The standard InChI is InChI=1S/C15H28N4O2.HI/c1-3-5-6-10-17-15(16-4-2)18-11-12-19-13(20)8-7-9-14(19)21;/h3-12H2,1-2H3,(H2,16,17,18);1H. The Morgan fingerprint density at radius 2 is 1.82 bits per heavy atom. The van der Waals surface area contributed by atoms with E-state index < -0.39 is 0 Å². The minimum absolute atomic E-state index is 0. The summed E-state index contributed by atoms with van der Waals surface area (Å²) in [7, 11) is 0. The summed E-state index contributed by atoms with van der Waals surface area (Å²) in [5.41, 5.74) is 0. The molecule has 0 saturated carbocycles. The van der Waals surface area contributed by atoms with Crippen molar-refractivity contribution in [3.05, 3.63) is 0 Å². The minimum Gasteiger partial charge on any atom is -0.357 e. The number of unbranched alkanes of at least 4 members (excludes halogenated alkanes) is 2. The lowest BCUT2D eigenvalue weighted by atomic mass is 10.1. The second kappa shape index (κ2) is 12.7. The number of rotatable bonds is 8. The fraction of sp³-hybridized carbons (Fsp3) is 0.800. The van der Waals surface area contributed by atoms with Gasteiger partial charge < -0.3 is 10.6 Å². The second-order valence-electron chi connectivity index (χ2n) is 5.19. The van der Waals surface area contributed by atoms with Crippen LogP contribution in [0.5, 0.6) is 0 Å². The number of amides is 2. The molecule has 1 rings (SSSR count). The van der Waals surface area contributed by atoms with Gasteiger partial charge in [-0.15, -0.1) is 24.0 Å². The van der Waals surface area contributed by atoms with E-state index in [4.69, 9.17) is 0 Å². The molecule has 0 radical (unpaired) electrons. The van der Waals surface area contributed by atoms with Crippen molar-refractivity contribution in [2.45, 2.75) is 52.4 Å². The Labute approximate surface area is 150 Å². The third-order valence-corrected chi connectivity index (χ3v) is 3.39. The maximum Gasteiger partial charge on any atom is 0.229 e. The fourth-order valence-electron chi connectivity index (χ4n) is 2.23. The average Bonchev–Trinajstić information content (AvgIpc) is 2.46. The molecular weight excluding hydrogens is 395 g/mol.